The largest absolute Gasteiger partial charge is 0.387 e. The molecular weight excluding hydrogens is 206 g/mol. The molecule has 3 heteroatoms. The second kappa shape index (κ2) is 3.36. The van der Waals surface area contributed by atoms with Crippen LogP contribution in [0.4, 0.5) is 11.4 Å². The predicted molar refractivity (Wildman–Crippen MR) is 62.7 cm³/mol. The molecule has 15 heavy (non-hydrogen) atoms. The van der Waals surface area contributed by atoms with E-state index in [-0.39, 0.29) is 6.10 Å². The second-order valence-electron chi connectivity index (χ2n) is 3.70. The number of rotatable bonds is 0. The van der Waals surface area contributed by atoms with Crippen LogP contribution in [0.2, 0.25) is 0 Å². The van der Waals surface area contributed by atoms with E-state index in [0.717, 1.165) is 16.3 Å². The molecule has 1 aromatic heterocycles. The van der Waals surface area contributed by atoms with Gasteiger partial charge in [0, 0.05) is 12.1 Å². The molecule has 0 saturated heterocycles. The Kier molecular flexibility index (Phi) is 2.01. The van der Waals surface area contributed by atoms with Gasteiger partial charge < -0.3 is 10.4 Å². The van der Waals surface area contributed by atoms with E-state index in [0.29, 0.717) is 6.42 Å². The van der Waals surface area contributed by atoms with Crippen molar-refractivity contribution >= 4 is 22.7 Å². The Morgan fingerprint density at radius 1 is 1.20 bits per heavy atom. The molecule has 2 aromatic rings. The predicted octanol–water partition coefficient (Wildman–Crippen LogP) is 3.08. The third kappa shape index (κ3) is 1.44. The highest BCUT2D eigenvalue weighted by Crippen LogP contribution is 2.37. The zero-order valence-electron chi connectivity index (χ0n) is 8.10. The van der Waals surface area contributed by atoms with Gasteiger partial charge >= 0.3 is 0 Å². The SMILES string of the molecule is OC1Cc2ccccc2Nc2ccsc21. The average Bonchev–Trinajstić information content (AvgIpc) is 2.64. The first-order valence-electron chi connectivity index (χ1n) is 4.95. The Balaban J connectivity index is 2.14. The normalized spacial score (nSPS) is 18.6. The minimum Gasteiger partial charge on any atom is -0.387 e. The van der Waals surface area contributed by atoms with Gasteiger partial charge in [0.15, 0.2) is 0 Å². The summed E-state index contributed by atoms with van der Waals surface area (Å²) in [5.74, 6) is 0. The Morgan fingerprint density at radius 3 is 3.00 bits per heavy atom. The summed E-state index contributed by atoms with van der Waals surface area (Å²) in [5.41, 5.74) is 3.32. The van der Waals surface area contributed by atoms with Crippen LogP contribution in [0.25, 0.3) is 0 Å². The molecule has 0 radical (unpaired) electrons. The molecule has 1 aliphatic rings. The van der Waals surface area contributed by atoms with E-state index in [1.807, 2.05) is 23.6 Å². The van der Waals surface area contributed by atoms with Gasteiger partial charge in [-0.05, 0) is 23.1 Å². The standard InChI is InChI=1S/C12H11NOS/c14-11-7-8-3-1-2-4-9(8)13-10-5-6-15-12(10)11/h1-6,11,13-14H,7H2. The molecule has 2 heterocycles. The average molecular weight is 217 g/mol. The molecule has 1 atom stereocenters. The van der Waals surface area contributed by atoms with Crippen molar-refractivity contribution in [3.63, 3.8) is 0 Å². The smallest absolute Gasteiger partial charge is 0.0943 e. The van der Waals surface area contributed by atoms with Crippen LogP contribution in [-0.2, 0) is 6.42 Å². The minimum absolute atomic E-state index is 0.379. The third-order valence-corrected chi connectivity index (χ3v) is 3.72. The van der Waals surface area contributed by atoms with Gasteiger partial charge in [0.25, 0.3) is 0 Å². The lowest BCUT2D eigenvalue weighted by atomic mass is 10.1. The van der Waals surface area contributed by atoms with Crippen molar-refractivity contribution in [2.75, 3.05) is 5.32 Å². The van der Waals surface area contributed by atoms with Gasteiger partial charge in [-0.2, -0.15) is 0 Å². The summed E-state index contributed by atoms with van der Waals surface area (Å²) in [7, 11) is 0. The van der Waals surface area contributed by atoms with Crippen LogP contribution in [0.15, 0.2) is 35.7 Å². The van der Waals surface area contributed by atoms with Crippen LogP contribution in [0.3, 0.4) is 0 Å². The Bertz CT molecular complexity index is 492. The highest BCUT2D eigenvalue weighted by Gasteiger charge is 2.20. The monoisotopic (exact) mass is 217 g/mol. The fourth-order valence-electron chi connectivity index (χ4n) is 1.95. The van der Waals surface area contributed by atoms with E-state index in [1.54, 1.807) is 11.3 Å². The third-order valence-electron chi connectivity index (χ3n) is 2.70. The maximum absolute atomic E-state index is 10.0. The minimum atomic E-state index is -0.379. The van der Waals surface area contributed by atoms with Gasteiger partial charge in [-0.3, -0.25) is 0 Å². The number of hydrogen-bond donors (Lipinski definition) is 2. The van der Waals surface area contributed by atoms with Crippen LogP contribution in [0, 0.1) is 0 Å². The summed E-state index contributed by atoms with van der Waals surface area (Å²) in [6.07, 6.45) is 0.313. The first-order chi connectivity index (χ1) is 7.34. The summed E-state index contributed by atoms with van der Waals surface area (Å²) in [6, 6.07) is 10.1. The van der Waals surface area contributed by atoms with E-state index in [4.69, 9.17) is 0 Å². The highest BCUT2D eigenvalue weighted by atomic mass is 32.1. The number of benzene rings is 1. The van der Waals surface area contributed by atoms with E-state index in [9.17, 15) is 5.11 Å². The number of nitrogens with one attached hydrogen (secondary N) is 1. The Labute approximate surface area is 92.2 Å². The molecule has 1 aliphatic heterocycles. The number of hydrogen-bond acceptors (Lipinski definition) is 3. The van der Waals surface area contributed by atoms with Crippen molar-refractivity contribution in [1.82, 2.24) is 0 Å². The van der Waals surface area contributed by atoms with Crippen molar-refractivity contribution in [2.45, 2.75) is 12.5 Å². The van der Waals surface area contributed by atoms with Crippen LogP contribution in [0.5, 0.6) is 0 Å². The van der Waals surface area contributed by atoms with Crippen molar-refractivity contribution in [3.05, 3.63) is 46.2 Å². The molecule has 2 N–H and O–H groups in total. The molecule has 2 nitrogen and oxygen atoms in total. The van der Waals surface area contributed by atoms with Crippen molar-refractivity contribution in [1.29, 1.82) is 0 Å². The second-order valence-corrected chi connectivity index (χ2v) is 4.65. The Hall–Kier alpha value is -1.32. The molecular formula is C12H11NOS. The number of thiophene rings is 1. The van der Waals surface area contributed by atoms with E-state index < -0.39 is 0 Å². The molecule has 3 rings (SSSR count). The quantitative estimate of drug-likeness (QED) is 0.710. The number of aliphatic hydroxyl groups is 1. The summed E-state index contributed by atoms with van der Waals surface area (Å²) < 4.78 is 0. The van der Waals surface area contributed by atoms with Crippen LogP contribution < -0.4 is 5.32 Å². The van der Waals surface area contributed by atoms with Gasteiger partial charge in [-0.15, -0.1) is 11.3 Å². The maximum Gasteiger partial charge on any atom is 0.0943 e. The van der Waals surface area contributed by atoms with E-state index >= 15 is 0 Å². The Morgan fingerprint density at radius 2 is 2.07 bits per heavy atom. The van der Waals surface area contributed by atoms with Crippen molar-refractivity contribution < 1.29 is 5.11 Å². The lowest BCUT2D eigenvalue weighted by Crippen LogP contribution is -1.97. The zero-order valence-corrected chi connectivity index (χ0v) is 8.92. The number of anilines is 2. The molecule has 0 saturated carbocycles. The first-order valence-corrected chi connectivity index (χ1v) is 5.83. The summed E-state index contributed by atoms with van der Waals surface area (Å²) in [4.78, 5) is 1.03. The fraction of sp³-hybridized carbons (Fsp3) is 0.167. The summed E-state index contributed by atoms with van der Waals surface area (Å²) in [6.45, 7) is 0. The van der Waals surface area contributed by atoms with Gasteiger partial charge in [0.05, 0.1) is 16.7 Å². The van der Waals surface area contributed by atoms with Gasteiger partial charge in [-0.1, -0.05) is 18.2 Å². The molecule has 0 amide bonds. The van der Waals surface area contributed by atoms with Crippen LogP contribution >= 0.6 is 11.3 Å². The molecule has 76 valence electrons. The lowest BCUT2D eigenvalue weighted by molar-refractivity contribution is 0.184. The maximum atomic E-state index is 10.0. The number of fused-ring (bicyclic) bond motifs is 2. The van der Waals surface area contributed by atoms with E-state index in [2.05, 4.69) is 17.4 Å². The van der Waals surface area contributed by atoms with Crippen molar-refractivity contribution in [3.8, 4) is 0 Å². The summed E-state index contributed by atoms with van der Waals surface area (Å²) >= 11 is 1.60. The molecule has 1 unspecified atom stereocenters. The molecule has 0 aliphatic carbocycles. The fourth-order valence-corrected chi connectivity index (χ4v) is 2.79. The van der Waals surface area contributed by atoms with Gasteiger partial charge in [0.2, 0.25) is 0 Å². The highest BCUT2D eigenvalue weighted by molar-refractivity contribution is 7.10. The zero-order chi connectivity index (χ0) is 10.3. The number of para-hydroxylation sites is 1. The molecule has 0 spiro atoms. The molecule has 1 aromatic carbocycles. The van der Waals surface area contributed by atoms with E-state index in [1.165, 1.54) is 5.56 Å². The molecule has 0 bridgehead atoms. The topological polar surface area (TPSA) is 32.3 Å². The van der Waals surface area contributed by atoms with Gasteiger partial charge in [0.1, 0.15) is 0 Å². The summed E-state index contributed by atoms with van der Waals surface area (Å²) in [5, 5.41) is 15.4. The van der Waals surface area contributed by atoms with Crippen LogP contribution in [-0.4, -0.2) is 5.11 Å². The van der Waals surface area contributed by atoms with Gasteiger partial charge in [-0.25, -0.2) is 0 Å². The molecule has 0 fully saturated rings. The number of aliphatic hydroxyl groups excluding tert-OH is 1. The van der Waals surface area contributed by atoms with Crippen molar-refractivity contribution in [2.24, 2.45) is 0 Å². The first kappa shape index (κ1) is 8.95. The van der Waals surface area contributed by atoms with Crippen LogP contribution in [0.1, 0.15) is 16.5 Å². The lowest BCUT2D eigenvalue weighted by Gasteiger charge is -2.06.